The van der Waals surface area contributed by atoms with Crippen LogP contribution < -0.4 is 10.1 Å². The molecule has 3 aromatic heterocycles. The van der Waals surface area contributed by atoms with Gasteiger partial charge in [0, 0.05) is 37.3 Å². The highest BCUT2D eigenvalue weighted by atomic mass is 35.5. The van der Waals surface area contributed by atoms with E-state index >= 15 is 0 Å². The molecule has 2 fully saturated rings. The molecule has 2 N–H and O–H groups in total. The zero-order valence-electron chi connectivity index (χ0n) is 19.7. The summed E-state index contributed by atoms with van der Waals surface area (Å²) in [5, 5.41) is 16.3. The van der Waals surface area contributed by atoms with E-state index in [1.807, 2.05) is 12.1 Å². The molecule has 1 aliphatic carbocycles. The molecule has 1 amide bonds. The topological polar surface area (TPSA) is 123 Å². The number of halogens is 1. The van der Waals surface area contributed by atoms with Crippen LogP contribution in [0.15, 0.2) is 40.9 Å². The molecule has 0 radical (unpaired) electrons. The van der Waals surface area contributed by atoms with Crippen molar-refractivity contribution in [2.75, 3.05) is 13.1 Å². The van der Waals surface area contributed by atoms with Crippen molar-refractivity contribution in [3.63, 3.8) is 0 Å². The number of likely N-dealkylation sites (tertiary alicyclic amines) is 1. The molecule has 2 aliphatic rings. The van der Waals surface area contributed by atoms with Gasteiger partial charge in [-0.05, 0) is 49.9 Å². The maximum Gasteiger partial charge on any atom is 0.511 e. The number of nitrogens with zero attached hydrogens (tertiary/aromatic N) is 4. The SMILES string of the molecule is O=C(O)Oc1ccc2c(c1)nc(C(=O)NC1CCN(C3CC3)CC1)n2Cc1cc(-c2ccc(Cl)s2)on1. The first kappa shape index (κ1) is 24.0. The first-order valence-electron chi connectivity index (χ1n) is 12.1. The van der Waals surface area contributed by atoms with Crippen molar-refractivity contribution in [3.8, 4) is 16.4 Å². The van der Waals surface area contributed by atoms with Gasteiger partial charge in [-0.15, -0.1) is 11.3 Å². The predicted molar refractivity (Wildman–Crippen MR) is 137 cm³/mol. The van der Waals surface area contributed by atoms with E-state index in [1.54, 1.807) is 16.7 Å². The van der Waals surface area contributed by atoms with Crippen LogP contribution in [0, 0.1) is 0 Å². The molecule has 1 saturated carbocycles. The summed E-state index contributed by atoms with van der Waals surface area (Å²) in [7, 11) is 0. The number of thiophene rings is 1. The van der Waals surface area contributed by atoms with E-state index in [9.17, 15) is 9.59 Å². The van der Waals surface area contributed by atoms with E-state index in [1.165, 1.54) is 36.3 Å². The van der Waals surface area contributed by atoms with Gasteiger partial charge in [0.05, 0.1) is 26.8 Å². The third-order valence-electron chi connectivity index (χ3n) is 6.75. The number of aromatic nitrogens is 3. The van der Waals surface area contributed by atoms with Gasteiger partial charge >= 0.3 is 6.16 Å². The van der Waals surface area contributed by atoms with Crippen LogP contribution in [0.3, 0.4) is 0 Å². The summed E-state index contributed by atoms with van der Waals surface area (Å²) in [6.07, 6.45) is 2.93. The second-order valence-corrected chi connectivity index (χ2v) is 11.1. The number of imidazole rings is 1. The van der Waals surface area contributed by atoms with Crippen molar-refractivity contribution in [3.05, 3.63) is 52.3 Å². The molecule has 1 aliphatic heterocycles. The van der Waals surface area contributed by atoms with E-state index in [0.717, 1.165) is 36.9 Å². The summed E-state index contributed by atoms with van der Waals surface area (Å²) in [6, 6.07) is 11.0. The summed E-state index contributed by atoms with van der Waals surface area (Å²) in [5.41, 5.74) is 1.70. The van der Waals surface area contributed by atoms with Gasteiger partial charge in [-0.25, -0.2) is 9.78 Å². The van der Waals surface area contributed by atoms with E-state index in [4.69, 9.17) is 26.0 Å². The second kappa shape index (κ2) is 9.81. The van der Waals surface area contributed by atoms with Crippen LogP contribution in [0.25, 0.3) is 21.7 Å². The standard InChI is InChI=1S/C25H24ClN5O5S/c26-22-6-5-21(37-22)20-11-15(29-36-20)13-31-19-4-3-17(35-25(33)34)12-18(19)28-23(31)24(32)27-14-7-9-30(10-8-14)16-1-2-16/h3-6,11-12,14,16H,1-2,7-10,13H2,(H,27,32)(H,33,34). The monoisotopic (exact) mass is 541 g/mol. The highest BCUT2D eigenvalue weighted by molar-refractivity contribution is 7.19. The fourth-order valence-electron chi connectivity index (χ4n) is 4.82. The molecule has 0 spiro atoms. The average Bonchev–Trinajstić information content (AvgIpc) is 3.29. The lowest BCUT2D eigenvalue weighted by Crippen LogP contribution is -2.45. The molecular weight excluding hydrogens is 518 g/mol. The molecule has 4 aromatic rings. The molecule has 37 heavy (non-hydrogen) atoms. The van der Waals surface area contributed by atoms with Gasteiger partial charge in [0.15, 0.2) is 11.6 Å². The Bertz CT molecular complexity index is 1470. The van der Waals surface area contributed by atoms with Crippen molar-refractivity contribution in [1.29, 1.82) is 0 Å². The maximum absolute atomic E-state index is 13.4. The minimum atomic E-state index is -1.42. The molecule has 192 valence electrons. The lowest BCUT2D eigenvalue weighted by atomic mass is 10.0. The van der Waals surface area contributed by atoms with Crippen LogP contribution in [0.4, 0.5) is 4.79 Å². The van der Waals surface area contributed by atoms with Crippen LogP contribution >= 0.6 is 22.9 Å². The van der Waals surface area contributed by atoms with E-state index in [-0.39, 0.29) is 30.1 Å². The molecule has 0 unspecified atom stereocenters. The minimum absolute atomic E-state index is 0.0731. The number of rotatable bonds is 7. The third kappa shape index (κ3) is 5.20. The second-order valence-electron chi connectivity index (χ2n) is 9.34. The number of carbonyl (C=O) groups excluding carboxylic acids is 1. The zero-order valence-corrected chi connectivity index (χ0v) is 21.3. The normalized spacial score (nSPS) is 16.8. The van der Waals surface area contributed by atoms with Gasteiger partial charge in [-0.3, -0.25) is 4.79 Å². The van der Waals surface area contributed by atoms with Crippen molar-refractivity contribution in [2.24, 2.45) is 0 Å². The van der Waals surface area contributed by atoms with Gasteiger partial charge in [0.1, 0.15) is 11.4 Å². The molecule has 10 nitrogen and oxygen atoms in total. The Morgan fingerprint density at radius 3 is 2.68 bits per heavy atom. The number of carbonyl (C=O) groups is 2. The van der Waals surface area contributed by atoms with E-state index in [2.05, 4.69) is 20.4 Å². The van der Waals surface area contributed by atoms with E-state index < -0.39 is 6.16 Å². The average molecular weight is 542 g/mol. The molecule has 1 aromatic carbocycles. The molecule has 4 heterocycles. The minimum Gasteiger partial charge on any atom is -0.449 e. The Morgan fingerprint density at radius 2 is 1.97 bits per heavy atom. The molecule has 0 atom stereocenters. The fraction of sp³-hybridized carbons (Fsp3) is 0.360. The lowest BCUT2D eigenvalue weighted by Gasteiger charge is -2.32. The molecule has 1 saturated heterocycles. The first-order valence-corrected chi connectivity index (χ1v) is 13.3. The number of carboxylic acid groups (broad SMARTS) is 1. The van der Waals surface area contributed by atoms with Crippen molar-refractivity contribution < 1.29 is 24.0 Å². The van der Waals surface area contributed by atoms with E-state index in [0.29, 0.717) is 26.8 Å². The molecule has 0 bridgehead atoms. The van der Waals surface area contributed by atoms with Gasteiger partial charge in [-0.1, -0.05) is 16.8 Å². The number of benzene rings is 1. The molecular formula is C25H24ClN5O5S. The number of hydrogen-bond donors (Lipinski definition) is 2. The van der Waals surface area contributed by atoms with Gasteiger partial charge in [0.25, 0.3) is 5.91 Å². The fourth-order valence-corrected chi connectivity index (χ4v) is 5.81. The lowest BCUT2D eigenvalue weighted by molar-refractivity contribution is 0.0895. The maximum atomic E-state index is 13.4. The van der Waals surface area contributed by atoms with Crippen LogP contribution in [0.2, 0.25) is 4.34 Å². The Labute approximate surface area is 220 Å². The van der Waals surface area contributed by atoms with Crippen LogP contribution in [-0.4, -0.2) is 61.9 Å². The van der Waals surface area contributed by atoms with Gasteiger partial charge in [-0.2, -0.15) is 0 Å². The number of fused-ring (bicyclic) bond motifs is 1. The Hall–Kier alpha value is -3.41. The smallest absolute Gasteiger partial charge is 0.449 e. The molecule has 12 heteroatoms. The van der Waals surface area contributed by atoms with Gasteiger partial charge < -0.3 is 29.2 Å². The summed E-state index contributed by atoms with van der Waals surface area (Å²) < 4.78 is 12.7. The summed E-state index contributed by atoms with van der Waals surface area (Å²) in [4.78, 5) is 32.3. The van der Waals surface area contributed by atoms with Gasteiger partial charge in [0.2, 0.25) is 0 Å². The number of nitrogens with one attached hydrogen (secondary N) is 1. The van der Waals surface area contributed by atoms with Crippen molar-refractivity contribution in [2.45, 2.75) is 44.3 Å². The van der Waals surface area contributed by atoms with Crippen LogP contribution in [0.1, 0.15) is 42.0 Å². The highest BCUT2D eigenvalue weighted by Gasteiger charge is 2.32. The number of amides is 1. The largest absolute Gasteiger partial charge is 0.511 e. The number of hydrogen-bond acceptors (Lipinski definition) is 8. The Morgan fingerprint density at radius 1 is 1.16 bits per heavy atom. The summed E-state index contributed by atoms with van der Waals surface area (Å²) in [6.45, 7) is 2.20. The molecule has 6 rings (SSSR count). The summed E-state index contributed by atoms with van der Waals surface area (Å²) >= 11 is 7.44. The van der Waals surface area contributed by atoms with Crippen LogP contribution in [-0.2, 0) is 6.54 Å². The first-order chi connectivity index (χ1) is 17.9. The highest BCUT2D eigenvalue weighted by Crippen LogP contribution is 2.32. The van der Waals surface area contributed by atoms with Crippen molar-refractivity contribution in [1.82, 2.24) is 24.9 Å². The number of ether oxygens (including phenoxy) is 1. The Balaban J connectivity index is 1.27. The number of piperidine rings is 1. The third-order valence-corrected chi connectivity index (χ3v) is 8.00. The van der Waals surface area contributed by atoms with Crippen molar-refractivity contribution >= 4 is 46.0 Å². The predicted octanol–water partition coefficient (Wildman–Crippen LogP) is 4.87. The quantitative estimate of drug-likeness (QED) is 0.251. The Kier molecular flexibility index (Phi) is 6.35. The van der Waals surface area contributed by atoms with Crippen LogP contribution in [0.5, 0.6) is 5.75 Å². The summed E-state index contributed by atoms with van der Waals surface area (Å²) in [5.74, 6) is 0.649. The zero-order chi connectivity index (χ0) is 25.5.